The summed E-state index contributed by atoms with van der Waals surface area (Å²) in [6, 6.07) is 12.2. The van der Waals surface area contributed by atoms with Gasteiger partial charge in [-0.3, -0.25) is 9.20 Å². The van der Waals surface area contributed by atoms with Crippen molar-refractivity contribution in [3.05, 3.63) is 65.6 Å². The van der Waals surface area contributed by atoms with Gasteiger partial charge in [0.2, 0.25) is 0 Å². The van der Waals surface area contributed by atoms with Gasteiger partial charge in [-0.15, -0.1) is 0 Å². The van der Waals surface area contributed by atoms with Gasteiger partial charge in [-0.2, -0.15) is 0 Å². The molecule has 0 aliphatic rings. The fourth-order valence-corrected chi connectivity index (χ4v) is 2.45. The number of para-hydroxylation sites is 1. The van der Waals surface area contributed by atoms with Gasteiger partial charge in [0.05, 0.1) is 24.1 Å². The highest BCUT2D eigenvalue weighted by Crippen LogP contribution is 2.19. The Morgan fingerprint density at radius 2 is 1.87 bits per heavy atom. The third kappa shape index (κ3) is 2.66. The third-order valence-corrected chi connectivity index (χ3v) is 3.50. The summed E-state index contributed by atoms with van der Waals surface area (Å²) in [6.45, 7) is 1.77. The van der Waals surface area contributed by atoms with Gasteiger partial charge in [-0.25, -0.2) is 9.78 Å². The van der Waals surface area contributed by atoms with Crippen LogP contribution in [0.25, 0.3) is 5.65 Å². The van der Waals surface area contributed by atoms with E-state index in [1.165, 1.54) is 7.11 Å². The number of carbonyl (C=O) groups excluding carboxylic acids is 2. The molecule has 0 unspecified atom stereocenters. The average Bonchev–Trinajstić information content (AvgIpc) is 2.90. The van der Waals surface area contributed by atoms with E-state index in [1.807, 2.05) is 18.2 Å². The second-order valence-electron chi connectivity index (χ2n) is 4.97. The van der Waals surface area contributed by atoms with Crippen LogP contribution in [0.15, 0.2) is 48.7 Å². The number of ether oxygens (including phenoxy) is 1. The Morgan fingerprint density at radius 3 is 2.65 bits per heavy atom. The number of rotatable bonds is 3. The molecule has 1 N–H and O–H groups in total. The average molecular weight is 309 g/mol. The van der Waals surface area contributed by atoms with Crippen molar-refractivity contribution in [3.63, 3.8) is 0 Å². The predicted octanol–water partition coefficient (Wildman–Crippen LogP) is 2.68. The Hall–Kier alpha value is -3.15. The smallest absolute Gasteiger partial charge is 0.339 e. The molecule has 0 bridgehead atoms. The molecule has 6 heteroatoms. The molecule has 0 aliphatic heterocycles. The number of aryl methyl sites for hydroxylation is 1. The molecular formula is C17H15N3O3. The molecule has 2 heterocycles. The van der Waals surface area contributed by atoms with Crippen molar-refractivity contribution in [2.75, 3.05) is 12.4 Å². The summed E-state index contributed by atoms with van der Waals surface area (Å²) < 4.78 is 6.45. The molecule has 2 aromatic heterocycles. The number of pyridine rings is 1. The van der Waals surface area contributed by atoms with Gasteiger partial charge >= 0.3 is 5.97 Å². The molecule has 0 saturated carbocycles. The highest BCUT2D eigenvalue weighted by atomic mass is 16.5. The van der Waals surface area contributed by atoms with Gasteiger partial charge in [0.15, 0.2) is 0 Å². The van der Waals surface area contributed by atoms with Crippen molar-refractivity contribution in [1.82, 2.24) is 9.38 Å². The van der Waals surface area contributed by atoms with E-state index in [0.29, 0.717) is 28.3 Å². The topological polar surface area (TPSA) is 72.7 Å². The first-order valence-corrected chi connectivity index (χ1v) is 7.04. The molecule has 3 aromatic rings. The van der Waals surface area contributed by atoms with E-state index in [0.717, 1.165) is 0 Å². The van der Waals surface area contributed by atoms with Gasteiger partial charge in [0.1, 0.15) is 11.3 Å². The van der Waals surface area contributed by atoms with Gasteiger partial charge in [0, 0.05) is 6.20 Å². The minimum atomic E-state index is -0.504. The first-order valence-electron chi connectivity index (χ1n) is 7.04. The number of nitrogens with one attached hydrogen (secondary N) is 1. The van der Waals surface area contributed by atoms with E-state index in [-0.39, 0.29) is 5.91 Å². The number of methoxy groups -OCH3 is 1. The number of fused-ring (bicyclic) bond motifs is 1. The number of imidazole rings is 1. The molecule has 23 heavy (non-hydrogen) atoms. The summed E-state index contributed by atoms with van der Waals surface area (Å²) >= 11 is 0. The number of benzene rings is 1. The maximum atomic E-state index is 12.6. The summed E-state index contributed by atoms with van der Waals surface area (Å²) in [6.07, 6.45) is 1.77. The van der Waals surface area contributed by atoms with E-state index in [4.69, 9.17) is 4.74 Å². The van der Waals surface area contributed by atoms with Crippen LogP contribution in [-0.4, -0.2) is 28.4 Å². The zero-order valence-electron chi connectivity index (χ0n) is 12.7. The summed E-state index contributed by atoms with van der Waals surface area (Å²) in [4.78, 5) is 28.8. The number of hydrogen-bond acceptors (Lipinski definition) is 4. The fraction of sp³-hybridized carbons (Fsp3) is 0.118. The highest BCUT2D eigenvalue weighted by Gasteiger charge is 2.19. The SMILES string of the molecule is COC(=O)c1ccccc1NC(=O)c1c(C)nc2ccccn12. The number of carbonyl (C=O) groups is 2. The lowest BCUT2D eigenvalue weighted by Gasteiger charge is -2.10. The zero-order chi connectivity index (χ0) is 16.4. The van der Waals surface area contributed by atoms with Crippen LogP contribution in [0.2, 0.25) is 0 Å². The van der Waals surface area contributed by atoms with Gasteiger partial charge in [-0.05, 0) is 31.2 Å². The Labute approximate surface area is 132 Å². The van der Waals surface area contributed by atoms with E-state index in [1.54, 1.807) is 41.8 Å². The normalized spacial score (nSPS) is 10.5. The maximum Gasteiger partial charge on any atom is 0.339 e. The summed E-state index contributed by atoms with van der Waals surface area (Å²) in [5, 5.41) is 2.76. The van der Waals surface area contributed by atoms with Crippen molar-refractivity contribution in [2.45, 2.75) is 6.92 Å². The molecule has 1 aromatic carbocycles. The number of amides is 1. The molecule has 0 saturated heterocycles. The summed E-state index contributed by atoms with van der Waals surface area (Å²) in [7, 11) is 1.30. The molecule has 1 amide bonds. The molecule has 116 valence electrons. The standard InChI is InChI=1S/C17H15N3O3/c1-11-15(20-10-6-5-9-14(20)18-11)16(21)19-13-8-4-3-7-12(13)17(22)23-2/h3-10H,1-2H3,(H,19,21). The van der Waals surface area contributed by atoms with Crippen LogP contribution in [-0.2, 0) is 4.74 Å². The Bertz CT molecular complexity index is 899. The lowest BCUT2D eigenvalue weighted by atomic mass is 10.1. The Balaban J connectivity index is 1.99. The van der Waals surface area contributed by atoms with Gasteiger partial charge in [-0.1, -0.05) is 18.2 Å². The van der Waals surface area contributed by atoms with Crippen molar-refractivity contribution in [3.8, 4) is 0 Å². The lowest BCUT2D eigenvalue weighted by Crippen LogP contribution is -2.18. The maximum absolute atomic E-state index is 12.6. The lowest BCUT2D eigenvalue weighted by molar-refractivity contribution is 0.0602. The molecule has 0 radical (unpaired) electrons. The van der Waals surface area contributed by atoms with Crippen LogP contribution >= 0.6 is 0 Å². The van der Waals surface area contributed by atoms with Crippen LogP contribution < -0.4 is 5.32 Å². The molecule has 0 spiro atoms. The van der Waals surface area contributed by atoms with Crippen LogP contribution in [0.5, 0.6) is 0 Å². The predicted molar refractivity (Wildman–Crippen MR) is 85.7 cm³/mol. The third-order valence-electron chi connectivity index (χ3n) is 3.50. The number of esters is 1. The molecule has 3 rings (SSSR count). The van der Waals surface area contributed by atoms with Crippen molar-refractivity contribution in [2.24, 2.45) is 0 Å². The monoisotopic (exact) mass is 309 g/mol. The van der Waals surface area contributed by atoms with Gasteiger partial charge in [0.25, 0.3) is 5.91 Å². The second kappa shape index (κ2) is 5.92. The van der Waals surface area contributed by atoms with Crippen LogP contribution in [0, 0.1) is 6.92 Å². The molecule has 0 fully saturated rings. The van der Waals surface area contributed by atoms with E-state index in [2.05, 4.69) is 10.3 Å². The fourth-order valence-electron chi connectivity index (χ4n) is 2.45. The summed E-state index contributed by atoms with van der Waals surface area (Å²) in [5.41, 5.74) is 2.44. The van der Waals surface area contributed by atoms with Crippen LogP contribution in [0.4, 0.5) is 5.69 Å². The Kier molecular flexibility index (Phi) is 3.80. The van der Waals surface area contributed by atoms with E-state index in [9.17, 15) is 9.59 Å². The van der Waals surface area contributed by atoms with Crippen molar-refractivity contribution < 1.29 is 14.3 Å². The van der Waals surface area contributed by atoms with Crippen molar-refractivity contribution in [1.29, 1.82) is 0 Å². The molecular weight excluding hydrogens is 294 g/mol. The zero-order valence-corrected chi connectivity index (χ0v) is 12.7. The second-order valence-corrected chi connectivity index (χ2v) is 4.97. The summed E-state index contributed by atoms with van der Waals surface area (Å²) in [5.74, 6) is -0.840. The first-order chi connectivity index (χ1) is 11.1. The minimum Gasteiger partial charge on any atom is -0.465 e. The number of hydrogen-bond donors (Lipinski definition) is 1. The Morgan fingerprint density at radius 1 is 1.13 bits per heavy atom. The molecule has 6 nitrogen and oxygen atoms in total. The molecule has 0 atom stereocenters. The number of anilines is 1. The quantitative estimate of drug-likeness (QED) is 0.755. The first kappa shape index (κ1) is 14.8. The van der Waals surface area contributed by atoms with Gasteiger partial charge < -0.3 is 10.1 Å². The van der Waals surface area contributed by atoms with Crippen LogP contribution in [0.1, 0.15) is 26.5 Å². The minimum absolute atomic E-state index is 0.301. The number of aromatic nitrogens is 2. The van der Waals surface area contributed by atoms with E-state index >= 15 is 0 Å². The largest absolute Gasteiger partial charge is 0.465 e. The highest BCUT2D eigenvalue weighted by molar-refractivity contribution is 6.08. The van der Waals surface area contributed by atoms with E-state index < -0.39 is 5.97 Å². The van der Waals surface area contributed by atoms with Crippen LogP contribution in [0.3, 0.4) is 0 Å². The van der Waals surface area contributed by atoms with Crippen molar-refractivity contribution >= 4 is 23.2 Å². The molecule has 0 aliphatic carbocycles. The number of nitrogens with zero attached hydrogens (tertiary/aromatic N) is 2.